The Morgan fingerprint density at radius 1 is 1.42 bits per heavy atom. The van der Waals surface area contributed by atoms with Crippen LogP contribution >= 0.6 is 0 Å². The number of rotatable bonds is 3. The van der Waals surface area contributed by atoms with Gasteiger partial charge in [-0.2, -0.15) is 0 Å². The molecule has 0 aromatic carbocycles. The van der Waals surface area contributed by atoms with E-state index in [1.807, 2.05) is 13.8 Å². The minimum atomic E-state index is -0.0319. The molecule has 0 aromatic heterocycles. The minimum absolute atomic E-state index is 0.0319. The number of nitrogens with zero attached hydrogens (tertiary/aromatic N) is 2. The molecule has 0 aromatic rings. The van der Waals surface area contributed by atoms with Crippen LogP contribution in [0.3, 0.4) is 0 Å². The zero-order valence-corrected chi connectivity index (χ0v) is 7.74. The number of hydrogen-bond donors (Lipinski definition) is 1. The molecule has 0 atom stereocenters. The highest BCUT2D eigenvalue weighted by Gasteiger charge is 2.08. The van der Waals surface area contributed by atoms with Crippen LogP contribution in [-0.4, -0.2) is 30.0 Å². The molecule has 5 nitrogen and oxygen atoms in total. The van der Waals surface area contributed by atoms with Crippen LogP contribution in [0.1, 0.15) is 20.8 Å². The van der Waals surface area contributed by atoms with Gasteiger partial charge >= 0.3 is 0 Å². The summed E-state index contributed by atoms with van der Waals surface area (Å²) in [6, 6.07) is 0. The molecule has 5 heteroatoms. The summed E-state index contributed by atoms with van der Waals surface area (Å²) in [4.78, 5) is 4.50. The van der Waals surface area contributed by atoms with Crippen LogP contribution in [0.25, 0.3) is 0 Å². The van der Waals surface area contributed by atoms with Crippen molar-refractivity contribution in [1.29, 1.82) is 0 Å². The molecule has 12 heavy (non-hydrogen) atoms. The lowest BCUT2D eigenvalue weighted by Gasteiger charge is -2.09. The van der Waals surface area contributed by atoms with Crippen LogP contribution in [0.2, 0.25) is 0 Å². The zero-order valence-electron chi connectivity index (χ0n) is 7.74. The maximum absolute atomic E-state index is 8.42. The van der Waals surface area contributed by atoms with Gasteiger partial charge in [-0.05, 0) is 25.9 Å². The van der Waals surface area contributed by atoms with E-state index < -0.39 is 0 Å². The molecule has 0 bridgehead atoms. The van der Waals surface area contributed by atoms with Crippen molar-refractivity contribution in [2.75, 3.05) is 7.11 Å². The third kappa shape index (κ3) is 3.80. The van der Waals surface area contributed by atoms with Gasteiger partial charge in [0.1, 0.15) is 12.8 Å². The molecule has 0 saturated heterocycles. The Morgan fingerprint density at radius 3 is 2.33 bits per heavy atom. The van der Waals surface area contributed by atoms with Gasteiger partial charge in [-0.1, -0.05) is 5.16 Å². The molecular formula is C7H14N2O3. The summed E-state index contributed by atoms with van der Waals surface area (Å²) in [6.45, 7) is 5.26. The highest BCUT2D eigenvalue weighted by atomic mass is 16.6. The van der Waals surface area contributed by atoms with Crippen LogP contribution in [-0.2, 0) is 9.57 Å². The molecule has 0 saturated carbocycles. The van der Waals surface area contributed by atoms with Crippen LogP contribution < -0.4 is 0 Å². The predicted molar refractivity (Wildman–Crippen MR) is 45.6 cm³/mol. The van der Waals surface area contributed by atoms with Gasteiger partial charge in [0, 0.05) is 0 Å². The van der Waals surface area contributed by atoms with Crippen LogP contribution in [0.15, 0.2) is 10.3 Å². The van der Waals surface area contributed by atoms with E-state index in [1.165, 1.54) is 7.11 Å². The van der Waals surface area contributed by atoms with Gasteiger partial charge in [0.05, 0.1) is 6.10 Å². The van der Waals surface area contributed by atoms with E-state index in [1.54, 1.807) is 6.92 Å². The lowest BCUT2D eigenvalue weighted by Crippen LogP contribution is -2.19. The van der Waals surface area contributed by atoms with Crippen molar-refractivity contribution in [1.82, 2.24) is 0 Å². The summed E-state index contributed by atoms with van der Waals surface area (Å²) in [5, 5.41) is 14.9. The second-order valence-electron chi connectivity index (χ2n) is 2.43. The van der Waals surface area contributed by atoms with E-state index in [0.29, 0.717) is 0 Å². The summed E-state index contributed by atoms with van der Waals surface area (Å²) in [5.41, 5.74) is 0.283. The largest absolute Gasteiger partial charge is 0.472 e. The molecule has 0 aliphatic carbocycles. The zero-order chi connectivity index (χ0) is 9.56. The highest BCUT2D eigenvalue weighted by molar-refractivity contribution is 6.37. The Balaban J connectivity index is 4.35. The van der Waals surface area contributed by atoms with Crippen molar-refractivity contribution >= 4 is 11.6 Å². The lowest BCUT2D eigenvalue weighted by molar-refractivity contribution is 0.175. The smallest absolute Gasteiger partial charge is 0.275 e. The number of hydrogen-bond acceptors (Lipinski definition) is 5. The van der Waals surface area contributed by atoms with Crippen molar-refractivity contribution in [3.63, 3.8) is 0 Å². The second kappa shape index (κ2) is 5.40. The normalized spacial score (nSPS) is 13.4. The maximum atomic E-state index is 8.42. The molecule has 0 spiro atoms. The standard InChI is InChI=1S/C7H14N2O3/c1-5(2)12-7(9-11-4)6(3)8-10/h5,10H,1-4H3/b8-6+,9-7-. The first-order chi connectivity index (χ1) is 5.61. The van der Waals surface area contributed by atoms with Crippen molar-refractivity contribution in [2.45, 2.75) is 26.9 Å². The Labute approximate surface area is 71.6 Å². The first-order valence-corrected chi connectivity index (χ1v) is 3.58. The molecule has 70 valence electrons. The van der Waals surface area contributed by atoms with Crippen molar-refractivity contribution in [2.24, 2.45) is 10.3 Å². The number of oxime groups is 2. The lowest BCUT2D eigenvalue weighted by atomic mass is 10.4. The van der Waals surface area contributed by atoms with Gasteiger partial charge in [-0.25, -0.2) is 0 Å². The SMILES string of the molecule is CO/N=C(OC(C)C)/C(C)=N/O. The second-order valence-corrected chi connectivity index (χ2v) is 2.43. The van der Waals surface area contributed by atoms with Gasteiger partial charge in [0.2, 0.25) is 0 Å². The minimum Gasteiger partial charge on any atom is -0.472 e. The highest BCUT2D eigenvalue weighted by Crippen LogP contribution is 1.94. The molecule has 1 N–H and O–H groups in total. The van der Waals surface area contributed by atoms with E-state index in [4.69, 9.17) is 9.94 Å². The summed E-state index contributed by atoms with van der Waals surface area (Å²) in [6.07, 6.45) is -0.0319. The summed E-state index contributed by atoms with van der Waals surface area (Å²) >= 11 is 0. The Bertz CT molecular complexity index is 187. The quantitative estimate of drug-likeness (QED) is 0.303. The topological polar surface area (TPSA) is 63.4 Å². The van der Waals surface area contributed by atoms with Crippen molar-refractivity contribution in [3.05, 3.63) is 0 Å². The molecule has 0 unspecified atom stereocenters. The molecule has 0 amide bonds. The average Bonchev–Trinajstić information content (AvgIpc) is 2.01. The van der Waals surface area contributed by atoms with E-state index in [2.05, 4.69) is 15.1 Å². The number of ether oxygens (including phenoxy) is 1. The Kier molecular flexibility index (Phi) is 4.83. The fraction of sp³-hybridized carbons (Fsp3) is 0.714. The summed E-state index contributed by atoms with van der Waals surface area (Å²) in [5.74, 6) is 0.190. The van der Waals surface area contributed by atoms with Crippen LogP contribution in [0.4, 0.5) is 0 Å². The third-order valence-electron chi connectivity index (χ3n) is 0.981. The molecule has 0 aliphatic heterocycles. The van der Waals surface area contributed by atoms with Gasteiger partial charge < -0.3 is 14.8 Å². The van der Waals surface area contributed by atoms with Crippen LogP contribution in [0.5, 0.6) is 0 Å². The first-order valence-electron chi connectivity index (χ1n) is 3.58. The maximum Gasteiger partial charge on any atom is 0.275 e. The molecule has 0 rings (SSSR count). The van der Waals surface area contributed by atoms with Gasteiger partial charge in [-0.3, -0.25) is 0 Å². The van der Waals surface area contributed by atoms with Crippen LogP contribution in [0, 0.1) is 0 Å². The fourth-order valence-corrected chi connectivity index (χ4v) is 0.522. The monoisotopic (exact) mass is 174 g/mol. The van der Waals surface area contributed by atoms with Gasteiger partial charge in [0.15, 0.2) is 0 Å². The van der Waals surface area contributed by atoms with Crippen molar-refractivity contribution in [3.8, 4) is 0 Å². The van der Waals surface area contributed by atoms with E-state index in [9.17, 15) is 0 Å². The molecule has 0 fully saturated rings. The van der Waals surface area contributed by atoms with Gasteiger partial charge in [0.25, 0.3) is 5.90 Å². The van der Waals surface area contributed by atoms with Gasteiger partial charge in [-0.15, -0.1) is 0 Å². The predicted octanol–water partition coefficient (Wildman–Crippen LogP) is 1.22. The first kappa shape index (κ1) is 10.7. The van der Waals surface area contributed by atoms with E-state index in [0.717, 1.165) is 0 Å². The molecule has 0 heterocycles. The molecule has 0 radical (unpaired) electrons. The summed E-state index contributed by atoms with van der Waals surface area (Å²) in [7, 11) is 1.40. The Hall–Kier alpha value is -1.26. The summed E-state index contributed by atoms with van der Waals surface area (Å²) < 4.78 is 5.18. The van der Waals surface area contributed by atoms with E-state index >= 15 is 0 Å². The van der Waals surface area contributed by atoms with E-state index in [-0.39, 0.29) is 17.7 Å². The third-order valence-corrected chi connectivity index (χ3v) is 0.981. The average molecular weight is 174 g/mol. The van der Waals surface area contributed by atoms with Crippen molar-refractivity contribution < 1.29 is 14.8 Å². The molecular weight excluding hydrogens is 160 g/mol. The Morgan fingerprint density at radius 2 is 2.00 bits per heavy atom. The fourth-order valence-electron chi connectivity index (χ4n) is 0.522. The molecule has 0 aliphatic rings.